The summed E-state index contributed by atoms with van der Waals surface area (Å²) >= 11 is 1.58. The van der Waals surface area contributed by atoms with Gasteiger partial charge < -0.3 is 14.8 Å². The fourth-order valence-electron chi connectivity index (χ4n) is 5.07. The number of hydrogen-bond acceptors (Lipinski definition) is 7. The highest BCUT2D eigenvalue weighted by atomic mass is 32.1. The zero-order valence-corrected chi connectivity index (χ0v) is 19.6. The van der Waals surface area contributed by atoms with Gasteiger partial charge >= 0.3 is 5.97 Å². The molecule has 7 heteroatoms. The van der Waals surface area contributed by atoms with Crippen molar-refractivity contribution in [1.29, 1.82) is 0 Å². The summed E-state index contributed by atoms with van der Waals surface area (Å²) in [4.78, 5) is 18.6. The summed E-state index contributed by atoms with van der Waals surface area (Å²) in [6.07, 6.45) is 4.82. The van der Waals surface area contributed by atoms with Gasteiger partial charge in [0.2, 0.25) is 0 Å². The molecule has 3 heterocycles. The van der Waals surface area contributed by atoms with Crippen molar-refractivity contribution in [3.63, 3.8) is 0 Å². The number of rotatable bonds is 8. The minimum Gasteiger partial charge on any atom is -0.487 e. The molecule has 5 rings (SSSR count). The van der Waals surface area contributed by atoms with Crippen LogP contribution < -0.4 is 10.1 Å². The third-order valence-electron chi connectivity index (χ3n) is 6.72. The minimum absolute atomic E-state index is 0.285. The summed E-state index contributed by atoms with van der Waals surface area (Å²) in [6, 6.07) is 17.8. The molecule has 0 amide bonds. The molecule has 0 saturated carbocycles. The second-order valence-electron chi connectivity index (χ2n) is 8.85. The van der Waals surface area contributed by atoms with Gasteiger partial charge in [-0.05, 0) is 67.6 Å². The number of ether oxygens (including phenoxy) is 2. The fourth-order valence-corrected chi connectivity index (χ4v) is 5.62. The number of carbonyl (C=O) groups excluding carboxylic acids is 1. The fraction of sp³-hybridized carbons (Fsp3) is 0.385. The van der Waals surface area contributed by atoms with Crippen LogP contribution in [0.25, 0.3) is 0 Å². The molecule has 1 N–H and O–H groups in total. The Morgan fingerprint density at radius 1 is 1.09 bits per heavy atom. The number of methoxy groups -OCH3 is 1. The molecule has 0 aliphatic carbocycles. The van der Waals surface area contributed by atoms with Crippen LogP contribution in [0, 0.1) is 0 Å². The number of hydrogen-bond donors (Lipinski definition) is 1. The number of fused-ring (bicyclic) bond motifs is 2. The molecule has 3 aromatic rings. The Labute approximate surface area is 198 Å². The van der Waals surface area contributed by atoms with Crippen LogP contribution in [0.5, 0.6) is 5.75 Å². The first-order valence-electron chi connectivity index (χ1n) is 11.5. The van der Waals surface area contributed by atoms with Gasteiger partial charge in [-0.2, -0.15) is 0 Å². The van der Waals surface area contributed by atoms with Gasteiger partial charge in [-0.15, -0.1) is 11.3 Å². The molecule has 2 aliphatic heterocycles. The van der Waals surface area contributed by atoms with E-state index in [2.05, 4.69) is 27.3 Å². The second kappa shape index (κ2) is 9.93. The maximum atomic E-state index is 11.7. The van der Waals surface area contributed by atoms with Crippen LogP contribution in [0.4, 0.5) is 5.69 Å². The number of aromatic nitrogens is 1. The van der Waals surface area contributed by atoms with Crippen LogP contribution in [-0.4, -0.2) is 41.1 Å². The van der Waals surface area contributed by atoms with Crippen LogP contribution in [0.2, 0.25) is 0 Å². The molecule has 1 aromatic heterocycles. The van der Waals surface area contributed by atoms with Gasteiger partial charge in [-0.25, -0.2) is 9.78 Å². The Kier molecular flexibility index (Phi) is 6.60. The van der Waals surface area contributed by atoms with E-state index >= 15 is 0 Å². The zero-order chi connectivity index (χ0) is 22.6. The summed E-state index contributed by atoms with van der Waals surface area (Å²) in [7, 11) is 1.42. The number of anilines is 1. The maximum absolute atomic E-state index is 11.7. The number of piperidine rings is 1. The number of nitrogens with zero attached hydrogens (tertiary/aromatic N) is 2. The summed E-state index contributed by atoms with van der Waals surface area (Å²) in [6.45, 7) is 1.44. The highest BCUT2D eigenvalue weighted by Gasteiger charge is 2.40. The lowest BCUT2D eigenvalue weighted by Crippen LogP contribution is -2.46. The Balaban J connectivity index is 1.14. The zero-order valence-electron chi connectivity index (χ0n) is 18.8. The van der Waals surface area contributed by atoms with Gasteiger partial charge in [-0.1, -0.05) is 12.1 Å². The van der Waals surface area contributed by atoms with E-state index in [4.69, 9.17) is 9.47 Å². The molecule has 2 bridgehead atoms. The lowest BCUT2D eigenvalue weighted by Gasteiger charge is -2.39. The van der Waals surface area contributed by atoms with Crippen LogP contribution in [0.15, 0.2) is 59.4 Å². The predicted molar refractivity (Wildman–Crippen MR) is 130 cm³/mol. The number of thiazole rings is 1. The van der Waals surface area contributed by atoms with Crippen molar-refractivity contribution in [3.8, 4) is 5.75 Å². The number of nitrogens with one attached hydrogen (secondary N) is 1. The molecule has 2 saturated heterocycles. The third-order valence-corrected chi connectivity index (χ3v) is 7.36. The van der Waals surface area contributed by atoms with Crippen LogP contribution in [0.3, 0.4) is 0 Å². The van der Waals surface area contributed by atoms with E-state index in [1.165, 1.54) is 25.5 Å². The van der Waals surface area contributed by atoms with Crippen molar-refractivity contribution in [3.05, 3.63) is 76.2 Å². The molecule has 2 unspecified atom stereocenters. The van der Waals surface area contributed by atoms with Gasteiger partial charge in [0.1, 0.15) is 12.4 Å². The predicted octanol–water partition coefficient (Wildman–Crippen LogP) is 5.12. The van der Waals surface area contributed by atoms with E-state index in [1.54, 1.807) is 11.3 Å². The molecule has 33 heavy (non-hydrogen) atoms. The van der Waals surface area contributed by atoms with Crippen LogP contribution in [-0.2, 0) is 17.9 Å². The first-order valence-corrected chi connectivity index (χ1v) is 12.4. The normalized spacial score (nSPS) is 22.2. The maximum Gasteiger partial charge on any atom is 0.337 e. The monoisotopic (exact) mass is 463 g/mol. The molecular formula is C26H29N3O3S. The highest BCUT2D eigenvalue weighted by molar-refractivity contribution is 7.07. The topological polar surface area (TPSA) is 63.7 Å². The van der Waals surface area contributed by atoms with E-state index in [1.807, 2.05) is 47.3 Å². The van der Waals surface area contributed by atoms with E-state index < -0.39 is 0 Å². The number of carbonyl (C=O) groups is 1. The second-order valence-corrected chi connectivity index (χ2v) is 9.57. The third kappa shape index (κ3) is 5.20. The van der Waals surface area contributed by atoms with Crippen molar-refractivity contribution >= 4 is 23.0 Å². The van der Waals surface area contributed by atoms with Crippen molar-refractivity contribution in [2.45, 2.75) is 57.0 Å². The Morgan fingerprint density at radius 2 is 1.82 bits per heavy atom. The average Bonchev–Trinajstić information content (AvgIpc) is 3.44. The molecule has 2 aliphatic rings. The van der Waals surface area contributed by atoms with Crippen molar-refractivity contribution in [2.24, 2.45) is 0 Å². The van der Waals surface area contributed by atoms with Crippen LogP contribution >= 0.6 is 11.3 Å². The molecule has 6 nitrogen and oxygen atoms in total. The minimum atomic E-state index is -0.285. The molecule has 2 fully saturated rings. The SMILES string of the molecule is COC(=O)c1ccc(CN2C3CCC2CC(Nc2ccc(OCc4cscn4)cc2)C3)cc1. The molecule has 2 atom stereocenters. The molecule has 0 radical (unpaired) electrons. The molecular weight excluding hydrogens is 434 g/mol. The summed E-state index contributed by atoms with van der Waals surface area (Å²) in [5, 5.41) is 5.75. The Morgan fingerprint density at radius 3 is 2.45 bits per heavy atom. The van der Waals surface area contributed by atoms with Crippen LogP contribution in [0.1, 0.15) is 47.3 Å². The summed E-state index contributed by atoms with van der Waals surface area (Å²) in [5.74, 6) is 0.578. The highest BCUT2D eigenvalue weighted by Crippen LogP contribution is 2.38. The standard InChI is InChI=1S/C26H29N3O3S/c1-31-26(30)19-4-2-18(3-5-19)14-29-23-8-9-24(29)13-21(12-23)28-20-6-10-25(11-7-20)32-15-22-16-33-17-27-22/h2-7,10-11,16-17,21,23-24,28H,8-9,12-15H2,1H3. The smallest absolute Gasteiger partial charge is 0.337 e. The van der Waals surface area contributed by atoms with Gasteiger partial charge in [0.25, 0.3) is 0 Å². The molecule has 2 aromatic carbocycles. The first-order chi connectivity index (χ1) is 16.2. The quantitative estimate of drug-likeness (QED) is 0.468. The van der Waals surface area contributed by atoms with Gasteiger partial charge in [0, 0.05) is 35.7 Å². The first kappa shape index (κ1) is 21.9. The van der Waals surface area contributed by atoms with Gasteiger partial charge in [-0.3, -0.25) is 4.90 Å². The average molecular weight is 464 g/mol. The number of esters is 1. The van der Waals surface area contributed by atoms with E-state index in [0.717, 1.165) is 36.5 Å². The Hall–Kier alpha value is -2.90. The molecule has 172 valence electrons. The lowest BCUT2D eigenvalue weighted by atomic mass is 9.96. The van der Waals surface area contributed by atoms with E-state index in [0.29, 0.717) is 30.3 Å². The molecule has 0 spiro atoms. The lowest BCUT2D eigenvalue weighted by molar-refractivity contribution is 0.0600. The van der Waals surface area contributed by atoms with E-state index in [-0.39, 0.29) is 5.97 Å². The van der Waals surface area contributed by atoms with E-state index in [9.17, 15) is 4.79 Å². The van der Waals surface area contributed by atoms with Gasteiger partial charge in [0.15, 0.2) is 0 Å². The number of benzene rings is 2. The summed E-state index contributed by atoms with van der Waals surface area (Å²) < 4.78 is 10.6. The summed E-state index contributed by atoms with van der Waals surface area (Å²) in [5.41, 5.74) is 5.78. The van der Waals surface area contributed by atoms with Crippen molar-refractivity contribution in [2.75, 3.05) is 12.4 Å². The largest absolute Gasteiger partial charge is 0.487 e. The van der Waals surface area contributed by atoms with Gasteiger partial charge in [0.05, 0.1) is 23.9 Å². The van der Waals surface area contributed by atoms with Crippen molar-refractivity contribution < 1.29 is 14.3 Å². The Bertz CT molecular complexity index is 1040. The van der Waals surface area contributed by atoms with Crippen molar-refractivity contribution in [1.82, 2.24) is 9.88 Å².